The molecule has 1 fully saturated rings. The number of aromatic nitrogens is 1. The molecule has 0 spiro atoms. The fourth-order valence-electron chi connectivity index (χ4n) is 2.45. The lowest BCUT2D eigenvalue weighted by atomic mass is 10.3. The first kappa shape index (κ1) is 13.8. The fraction of sp³-hybridized carbons (Fsp3) is 0.462. The highest BCUT2D eigenvalue weighted by molar-refractivity contribution is 5.84. The zero-order valence-electron chi connectivity index (χ0n) is 11.6. The molecule has 1 unspecified atom stereocenters. The second-order valence-corrected chi connectivity index (χ2v) is 4.87. The topological polar surface area (TPSA) is 93.7 Å². The minimum Gasteiger partial charge on any atom is -0.423 e. The van der Waals surface area contributed by atoms with Crippen molar-refractivity contribution in [3.63, 3.8) is 0 Å². The van der Waals surface area contributed by atoms with Crippen molar-refractivity contribution in [2.75, 3.05) is 38.2 Å². The highest BCUT2D eigenvalue weighted by Crippen LogP contribution is 2.29. The summed E-state index contributed by atoms with van der Waals surface area (Å²) in [5.41, 5.74) is 0.674. The van der Waals surface area contributed by atoms with Gasteiger partial charge in [-0.3, -0.25) is 10.1 Å². The monoisotopic (exact) mass is 292 g/mol. The van der Waals surface area contributed by atoms with Crippen LogP contribution in [0.1, 0.15) is 0 Å². The highest BCUT2D eigenvalue weighted by Gasteiger charge is 2.25. The number of anilines is 1. The van der Waals surface area contributed by atoms with Crippen LogP contribution in [-0.2, 0) is 4.74 Å². The van der Waals surface area contributed by atoms with Gasteiger partial charge in [0.25, 0.3) is 11.7 Å². The SMILES string of the molecule is CNCC1CN(c2nc3c([N+](=O)[O-])cccc3o2)CCO1. The summed E-state index contributed by atoms with van der Waals surface area (Å²) in [5.74, 6) is 0. The molecule has 0 aliphatic carbocycles. The van der Waals surface area contributed by atoms with Gasteiger partial charge >= 0.3 is 0 Å². The van der Waals surface area contributed by atoms with E-state index in [1.54, 1.807) is 12.1 Å². The summed E-state index contributed by atoms with van der Waals surface area (Å²) in [4.78, 5) is 16.8. The molecule has 8 heteroatoms. The second-order valence-electron chi connectivity index (χ2n) is 4.87. The summed E-state index contributed by atoms with van der Waals surface area (Å²) in [7, 11) is 1.87. The molecular weight excluding hydrogens is 276 g/mol. The van der Waals surface area contributed by atoms with Crippen LogP contribution in [0.25, 0.3) is 11.1 Å². The number of non-ortho nitro benzene ring substituents is 1. The summed E-state index contributed by atoms with van der Waals surface area (Å²) in [6.45, 7) is 2.60. The van der Waals surface area contributed by atoms with Gasteiger partial charge in [0.15, 0.2) is 11.1 Å². The molecule has 1 aliphatic heterocycles. The molecule has 3 rings (SSSR count). The lowest BCUT2D eigenvalue weighted by molar-refractivity contribution is -0.383. The Kier molecular flexibility index (Phi) is 3.72. The molecular formula is C13H16N4O4. The summed E-state index contributed by atoms with van der Waals surface area (Å²) in [6, 6.07) is 5.12. The molecule has 21 heavy (non-hydrogen) atoms. The van der Waals surface area contributed by atoms with E-state index in [-0.39, 0.29) is 17.3 Å². The van der Waals surface area contributed by atoms with E-state index in [0.29, 0.717) is 31.3 Å². The van der Waals surface area contributed by atoms with Gasteiger partial charge in [0.05, 0.1) is 17.6 Å². The van der Waals surface area contributed by atoms with Gasteiger partial charge in [-0.1, -0.05) is 6.07 Å². The predicted molar refractivity (Wildman–Crippen MR) is 76.5 cm³/mol. The molecule has 1 atom stereocenters. The highest BCUT2D eigenvalue weighted by atomic mass is 16.6. The Bertz CT molecular complexity index is 655. The van der Waals surface area contributed by atoms with E-state index >= 15 is 0 Å². The van der Waals surface area contributed by atoms with E-state index in [2.05, 4.69) is 10.3 Å². The molecule has 2 heterocycles. The van der Waals surface area contributed by atoms with E-state index in [0.717, 1.165) is 6.54 Å². The number of benzene rings is 1. The maximum Gasteiger partial charge on any atom is 0.298 e. The molecule has 1 aliphatic rings. The van der Waals surface area contributed by atoms with Crippen molar-refractivity contribution in [1.82, 2.24) is 10.3 Å². The minimum absolute atomic E-state index is 0.0393. The van der Waals surface area contributed by atoms with Crippen molar-refractivity contribution in [2.45, 2.75) is 6.10 Å². The first-order chi connectivity index (χ1) is 10.2. The Morgan fingerprint density at radius 1 is 1.57 bits per heavy atom. The van der Waals surface area contributed by atoms with Crippen molar-refractivity contribution in [3.05, 3.63) is 28.3 Å². The minimum atomic E-state index is -0.447. The third-order valence-electron chi connectivity index (χ3n) is 3.42. The number of likely N-dealkylation sites (N-methyl/N-ethyl adjacent to an activating group) is 1. The van der Waals surface area contributed by atoms with Crippen LogP contribution in [0.15, 0.2) is 22.6 Å². The number of ether oxygens (including phenoxy) is 1. The van der Waals surface area contributed by atoms with Crippen LogP contribution in [0.4, 0.5) is 11.7 Å². The van der Waals surface area contributed by atoms with Gasteiger partial charge < -0.3 is 19.4 Å². The molecule has 1 aromatic heterocycles. The number of fused-ring (bicyclic) bond motifs is 1. The van der Waals surface area contributed by atoms with Crippen LogP contribution >= 0.6 is 0 Å². The Balaban J connectivity index is 1.90. The molecule has 2 aromatic rings. The number of nitro groups is 1. The first-order valence-electron chi connectivity index (χ1n) is 6.74. The van der Waals surface area contributed by atoms with Gasteiger partial charge in [-0.2, -0.15) is 4.98 Å². The maximum atomic E-state index is 11.0. The molecule has 0 radical (unpaired) electrons. The molecule has 0 saturated carbocycles. The van der Waals surface area contributed by atoms with Gasteiger partial charge in [-0.25, -0.2) is 0 Å². The summed E-state index contributed by atoms with van der Waals surface area (Å²) in [6.07, 6.45) is 0.0498. The number of nitro benzene ring substituents is 1. The molecule has 0 amide bonds. The van der Waals surface area contributed by atoms with Crippen LogP contribution < -0.4 is 10.2 Å². The number of rotatable bonds is 4. The number of oxazole rings is 1. The van der Waals surface area contributed by atoms with Crippen LogP contribution in [-0.4, -0.2) is 49.3 Å². The summed E-state index contributed by atoms with van der Waals surface area (Å²) < 4.78 is 11.3. The molecule has 0 bridgehead atoms. The van der Waals surface area contributed by atoms with E-state index in [1.807, 2.05) is 11.9 Å². The lowest BCUT2D eigenvalue weighted by Gasteiger charge is -2.31. The van der Waals surface area contributed by atoms with Crippen molar-refractivity contribution < 1.29 is 14.1 Å². The number of hydrogen-bond donors (Lipinski definition) is 1. The average Bonchev–Trinajstić information content (AvgIpc) is 2.91. The quantitative estimate of drug-likeness (QED) is 0.667. The standard InChI is InChI=1S/C13H16N4O4/c1-14-7-9-8-16(5-6-20-9)13-15-12-10(17(18)19)3-2-4-11(12)21-13/h2-4,9,14H,5-8H2,1H3. The maximum absolute atomic E-state index is 11.0. The van der Waals surface area contributed by atoms with Crippen molar-refractivity contribution >= 4 is 22.8 Å². The van der Waals surface area contributed by atoms with E-state index in [4.69, 9.17) is 9.15 Å². The molecule has 1 saturated heterocycles. The van der Waals surface area contributed by atoms with E-state index < -0.39 is 4.92 Å². The van der Waals surface area contributed by atoms with Gasteiger partial charge in [0.1, 0.15) is 0 Å². The average molecular weight is 292 g/mol. The summed E-state index contributed by atoms with van der Waals surface area (Å²) >= 11 is 0. The van der Waals surface area contributed by atoms with Gasteiger partial charge in [0, 0.05) is 25.7 Å². The second kappa shape index (κ2) is 5.66. The first-order valence-corrected chi connectivity index (χ1v) is 6.74. The number of para-hydroxylation sites is 1. The fourth-order valence-corrected chi connectivity index (χ4v) is 2.45. The van der Waals surface area contributed by atoms with Crippen LogP contribution in [0.2, 0.25) is 0 Å². The molecule has 112 valence electrons. The number of hydrogen-bond acceptors (Lipinski definition) is 7. The van der Waals surface area contributed by atoms with Gasteiger partial charge in [0.2, 0.25) is 0 Å². The Morgan fingerprint density at radius 3 is 3.19 bits per heavy atom. The van der Waals surface area contributed by atoms with Crippen LogP contribution in [0.5, 0.6) is 0 Å². The van der Waals surface area contributed by atoms with Crippen molar-refractivity contribution in [2.24, 2.45) is 0 Å². The predicted octanol–water partition coefficient (Wildman–Crippen LogP) is 1.16. The zero-order chi connectivity index (χ0) is 14.8. The Hall–Kier alpha value is -2.19. The van der Waals surface area contributed by atoms with Crippen LogP contribution in [0.3, 0.4) is 0 Å². The zero-order valence-corrected chi connectivity index (χ0v) is 11.6. The lowest BCUT2D eigenvalue weighted by Crippen LogP contribution is -2.46. The molecule has 1 aromatic carbocycles. The molecule has 1 N–H and O–H groups in total. The Morgan fingerprint density at radius 2 is 2.43 bits per heavy atom. The number of nitrogens with one attached hydrogen (secondary N) is 1. The third kappa shape index (κ3) is 2.67. The van der Waals surface area contributed by atoms with Gasteiger partial charge in [-0.15, -0.1) is 0 Å². The van der Waals surface area contributed by atoms with Gasteiger partial charge in [-0.05, 0) is 13.1 Å². The third-order valence-corrected chi connectivity index (χ3v) is 3.42. The Labute approximate surface area is 120 Å². The number of nitrogens with zero attached hydrogens (tertiary/aromatic N) is 3. The number of morpholine rings is 1. The normalized spacial score (nSPS) is 19.1. The largest absolute Gasteiger partial charge is 0.423 e. The van der Waals surface area contributed by atoms with Crippen molar-refractivity contribution in [1.29, 1.82) is 0 Å². The van der Waals surface area contributed by atoms with Crippen molar-refractivity contribution in [3.8, 4) is 0 Å². The van der Waals surface area contributed by atoms with E-state index in [1.165, 1.54) is 6.07 Å². The van der Waals surface area contributed by atoms with E-state index in [9.17, 15) is 10.1 Å². The molecule has 8 nitrogen and oxygen atoms in total. The van der Waals surface area contributed by atoms with Crippen LogP contribution in [0, 0.1) is 10.1 Å². The smallest absolute Gasteiger partial charge is 0.298 e. The summed E-state index contributed by atoms with van der Waals surface area (Å²) in [5, 5.41) is 14.1.